The van der Waals surface area contributed by atoms with Gasteiger partial charge in [-0.25, -0.2) is 4.39 Å². The molecule has 1 fully saturated rings. The summed E-state index contributed by atoms with van der Waals surface area (Å²) in [5.41, 5.74) is 1.57. The number of amides is 1. The molecule has 1 amide bonds. The second-order valence-electron chi connectivity index (χ2n) is 9.07. The number of fused-ring (bicyclic) bond motifs is 1. The largest absolute Gasteiger partial charge is 0.494 e. The Kier molecular flexibility index (Phi) is 6.88. The number of rotatable bonds is 7. The topological polar surface area (TPSA) is 82.8 Å². The van der Waals surface area contributed by atoms with Crippen LogP contribution in [0, 0.1) is 11.7 Å². The Morgan fingerprint density at radius 2 is 2.00 bits per heavy atom. The first-order valence-electron chi connectivity index (χ1n) is 12.1. The number of carbonyl (C=O) groups excluding carboxylic acids is 1. The quantitative estimate of drug-likeness (QED) is 0.504. The molecule has 1 N–H and O–H groups in total. The van der Waals surface area contributed by atoms with E-state index in [9.17, 15) is 9.18 Å². The summed E-state index contributed by atoms with van der Waals surface area (Å²) in [7, 11) is 1.46. The van der Waals surface area contributed by atoms with E-state index in [2.05, 4.69) is 10.5 Å². The van der Waals surface area contributed by atoms with Gasteiger partial charge in [0.25, 0.3) is 0 Å². The van der Waals surface area contributed by atoms with Gasteiger partial charge < -0.3 is 24.1 Å². The van der Waals surface area contributed by atoms with E-state index >= 15 is 0 Å². The molecule has 0 spiro atoms. The number of aromatic nitrogens is 1. The Hall–Kier alpha value is -3.55. The molecule has 2 aliphatic rings. The van der Waals surface area contributed by atoms with Crippen LogP contribution in [-0.2, 0) is 17.8 Å². The van der Waals surface area contributed by atoms with Crippen molar-refractivity contribution in [1.29, 1.82) is 0 Å². The average molecular weight is 481 g/mol. The first-order valence-corrected chi connectivity index (χ1v) is 12.1. The van der Waals surface area contributed by atoms with E-state index in [-0.39, 0.29) is 35.6 Å². The van der Waals surface area contributed by atoms with E-state index in [1.807, 2.05) is 18.2 Å². The van der Waals surface area contributed by atoms with Gasteiger partial charge in [0.05, 0.1) is 26.0 Å². The number of hydrogen-bond donors (Lipinski definition) is 1. The molecule has 1 unspecified atom stereocenters. The van der Waals surface area contributed by atoms with Crippen molar-refractivity contribution in [3.8, 4) is 17.2 Å². The van der Waals surface area contributed by atoms with E-state index in [1.54, 1.807) is 30.5 Å². The number of carbonyl (C=O) groups is 1. The normalized spacial score (nSPS) is 21.5. The van der Waals surface area contributed by atoms with Crippen LogP contribution in [-0.4, -0.2) is 24.3 Å². The van der Waals surface area contributed by atoms with Gasteiger partial charge in [0.15, 0.2) is 17.3 Å². The van der Waals surface area contributed by atoms with Crippen LogP contribution in [0.5, 0.6) is 17.2 Å². The van der Waals surface area contributed by atoms with Gasteiger partial charge in [-0.15, -0.1) is 0 Å². The Balaban J connectivity index is 1.14. The number of benzene rings is 2. The summed E-state index contributed by atoms with van der Waals surface area (Å²) in [4.78, 5) is 12.4. The zero-order valence-corrected chi connectivity index (χ0v) is 19.7. The van der Waals surface area contributed by atoms with Crippen LogP contribution in [0.15, 0.2) is 53.2 Å². The zero-order chi connectivity index (χ0) is 24.2. The molecule has 2 heterocycles. The SMILES string of the molecule is COc1cccc(C2CCc3cc(OC4CCC(C(=O)NCc5ccno5)CC4)ccc3O2)c1F. The number of aryl methyl sites for hydroxylation is 1. The van der Waals surface area contributed by atoms with Crippen molar-refractivity contribution in [3.05, 3.63) is 71.4 Å². The summed E-state index contributed by atoms with van der Waals surface area (Å²) in [6, 6.07) is 12.7. The lowest BCUT2D eigenvalue weighted by Gasteiger charge is -2.30. The average Bonchev–Trinajstić information content (AvgIpc) is 3.41. The summed E-state index contributed by atoms with van der Waals surface area (Å²) in [6.07, 6.45) is 5.96. The van der Waals surface area contributed by atoms with Crippen molar-refractivity contribution in [3.63, 3.8) is 0 Å². The lowest BCUT2D eigenvalue weighted by Crippen LogP contribution is -2.35. The third kappa shape index (κ3) is 5.26. The van der Waals surface area contributed by atoms with E-state index in [0.29, 0.717) is 24.3 Å². The zero-order valence-electron chi connectivity index (χ0n) is 19.7. The lowest BCUT2D eigenvalue weighted by molar-refractivity contribution is -0.126. The maximum absolute atomic E-state index is 14.7. The third-order valence-corrected chi connectivity index (χ3v) is 6.81. The molecule has 1 aromatic heterocycles. The lowest BCUT2D eigenvalue weighted by atomic mass is 9.86. The molecule has 1 atom stereocenters. The standard InChI is InChI=1S/C27H29FN2O5/c1-32-25-4-2-3-22(26(25)28)24-11-7-18-15-20(10-12-23(18)34-24)33-19-8-5-17(6-9-19)27(31)29-16-21-13-14-30-35-21/h2-4,10,12-15,17,19,24H,5-9,11,16H2,1H3,(H,29,31). The fraction of sp³-hybridized carbons (Fsp3) is 0.407. The number of nitrogens with one attached hydrogen (secondary N) is 1. The maximum Gasteiger partial charge on any atom is 0.223 e. The van der Waals surface area contributed by atoms with Crippen molar-refractivity contribution >= 4 is 5.91 Å². The molecule has 1 saturated carbocycles. The number of ether oxygens (including phenoxy) is 3. The number of nitrogens with zero attached hydrogens (tertiary/aromatic N) is 1. The van der Waals surface area contributed by atoms with Crippen LogP contribution in [0.2, 0.25) is 0 Å². The van der Waals surface area contributed by atoms with E-state index in [1.165, 1.54) is 7.11 Å². The molecule has 184 valence electrons. The second kappa shape index (κ2) is 10.4. The van der Waals surface area contributed by atoms with Gasteiger partial charge >= 0.3 is 0 Å². The summed E-state index contributed by atoms with van der Waals surface area (Å²) in [5.74, 6) is 2.09. The monoisotopic (exact) mass is 480 g/mol. The molecule has 5 rings (SSSR count). The molecule has 7 nitrogen and oxygen atoms in total. The van der Waals surface area contributed by atoms with Gasteiger partial charge in [0, 0.05) is 17.5 Å². The van der Waals surface area contributed by atoms with Crippen LogP contribution in [0.3, 0.4) is 0 Å². The Morgan fingerprint density at radius 3 is 2.77 bits per heavy atom. The van der Waals surface area contributed by atoms with Crippen molar-refractivity contribution in [2.75, 3.05) is 7.11 Å². The van der Waals surface area contributed by atoms with Gasteiger partial charge in [-0.3, -0.25) is 4.79 Å². The molecule has 0 radical (unpaired) electrons. The fourth-order valence-corrected chi connectivity index (χ4v) is 4.88. The summed E-state index contributed by atoms with van der Waals surface area (Å²) in [6.45, 7) is 0.359. The highest BCUT2D eigenvalue weighted by Gasteiger charge is 2.29. The first kappa shape index (κ1) is 23.2. The first-order chi connectivity index (χ1) is 17.1. The molecule has 35 heavy (non-hydrogen) atoms. The minimum Gasteiger partial charge on any atom is -0.494 e. The van der Waals surface area contributed by atoms with Crippen molar-refractivity contribution in [1.82, 2.24) is 10.5 Å². The predicted molar refractivity (Wildman–Crippen MR) is 126 cm³/mol. The van der Waals surface area contributed by atoms with E-state index in [4.69, 9.17) is 18.7 Å². The van der Waals surface area contributed by atoms with Crippen LogP contribution >= 0.6 is 0 Å². The highest BCUT2D eigenvalue weighted by atomic mass is 19.1. The highest BCUT2D eigenvalue weighted by Crippen LogP contribution is 2.39. The highest BCUT2D eigenvalue weighted by molar-refractivity contribution is 5.78. The Bertz CT molecular complexity index is 1160. The van der Waals surface area contributed by atoms with Crippen molar-refractivity contribution in [2.24, 2.45) is 5.92 Å². The van der Waals surface area contributed by atoms with Crippen molar-refractivity contribution < 1.29 is 27.9 Å². The molecule has 1 aliphatic carbocycles. The molecule has 2 aromatic carbocycles. The molecule has 1 aliphatic heterocycles. The minimum absolute atomic E-state index is 0.0105. The fourth-order valence-electron chi connectivity index (χ4n) is 4.88. The smallest absolute Gasteiger partial charge is 0.223 e. The van der Waals surface area contributed by atoms with Gasteiger partial charge in [0.1, 0.15) is 17.6 Å². The summed E-state index contributed by atoms with van der Waals surface area (Å²) < 4.78 is 37.2. The molecule has 0 saturated heterocycles. The van der Waals surface area contributed by atoms with Gasteiger partial charge in [-0.1, -0.05) is 17.3 Å². The minimum atomic E-state index is -0.370. The summed E-state index contributed by atoms with van der Waals surface area (Å²) in [5, 5.41) is 6.57. The third-order valence-electron chi connectivity index (χ3n) is 6.81. The molecule has 8 heteroatoms. The van der Waals surface area contributed by atoms with Crippen LogP contribution < -0.4 is 19.5 Å². The second-order valence-corrected chi connectivity index (χ2v) is 9.07. The van der Waals surface area contributed by atoms with Crippen LogP contribution in [0.4, 0.5) is 4.39 Å². The molecular formula is C27H29FN2O5. The Morgan fingerprint density at radius 1 is 1.14 bits per heavy atom. The molecule has 3 aromatic rings. The van der Waals surface area contributed by atoms with Crippen LogP contribution in [0.1, 0.15) is 55.1 Å². The number of halogens is 1. The maximum atomic E-state index is 14.7. The molecule has 0 bridgehead atoms. The number of methoxy groups -OCH3 is 1. The predicted octanol–water partition coefficient (Wildman–Crippen LogP) is 5.14. The van der Waals surface area contributed by atoms with Gasteiger partial charge in [0.2, 0.25) is 5.91 Å². The van der Waals surface area contributed by atoms with Crippen LogP contribution in [0.25, 0.3) is 0 Å². The summed E-state index contributed by atoms with van der Waals surface area (Å²) >= 11 is 0. The molecular weight excluding hydrogens is 451 g/mol. The van der Waals surface area contributed by atoms with E-state index in [0.717, 1.165) is 49.2 Å². The Labute approximate surface area is 203 Å². The van der Waals surface area contributed by atoms with Gasteiger partial charge in [-0.05, 0) is 68.4 Å². The van der Waals surface area contributed by atoms with Crippen molar-refractivity contribution in [2.45, 2.75) is 57.3 Å². The number of hydrogen-bond acceptors (Lipinski definition) is 6. The van der Waals surface area contributed by atoms with E-state index < -0.39 is 0 Å². The van der Waals surface area contributed by atoms with Gasteiger partial charge in [-0.2, -0.15) is 0 Å².